The fourth-order valence-electron chi connectivity index (χ4n) is 1.32. The third-order valence-corrected chi connectivity index (χ3v) is 3.94. The molecule has 0 bridgehead atoms. The van der Waals surface area contributed by atoms with E-state index in [1.54, 1.807) is 23.9 Å². The number of rotatable bonds is 5. The molecule has 0 heterocycles. The normalized spacial score (nSPS) is 14.4. The number of carbonyl (C=O) groups excluding carboxylic acids is 1. The Balaban J connectivity index is 2.60. The molecule has 2 atom stereocenters. The first kappa shape index (κ1) is 14.6. The third-order valence-electron chi connectivity index (χ3n) is 2.28. The number of aliphatic hydroxyl groups excluding tert-OH is 2. The van der Waals surface area contributed by atoms with Gasteiger partial charge in [0.15, 0.2) is 5.12 Å². The van der Waals surface area contributed by atoms with Gasteiger partial charge in [0.2, 0.25) is 0 Å². The van der Waals surface area contributed by atoms with Gasteiger partial charge in [-0.15, -0.1) is 11.8 Å². The average molecular weight is 272 g/mol. The van der Waals surface area contributed by atoms with Crippen LogP contribution in [0.1, 0.15) is 18.6 Å². The number of carbonyl (C=O) groups is 1. The predicted molar refractivity (Wildman–Crippen MR) is 72.3 cm³/mol. The topological polar surface area (TPSA) is 57.5 Å². The summed E-state index contributed by atoms with van der Waals surface area (Å²) < 4.78 is 0. The van der Waals surface area contributed by atoms with Crippen molar-refractivity contribution in [2.75, 3.05) is 12.0 Å². The van der Waals surface area contributed by atoms with E-state index >= 15 is 0 Å². The van der Waals surface area contributed by atoms with Crippen LogP contribution in [0.5, 0.6) is 0 Å². The number of aliphatic hydroxyl groups is 2. The number of thioether (sulfide) groups is 2. The molecule has 0 amide bonds. The van der Waals surface area contributed by atoms with Gasteiger partial charge in [0.05, 0.1) is 6.10 Å². The Morgan fingerprint density at radius 3 is 2.35 bits per heavy atom. The largest absolute Gasteiger partial charge is 0.389 e. The summed E-state index contributed by atoms with van der Waals surface area (Å²) >= 11 is 2.64. The maximum absolute atomic E-state index is 10.8. The molecule has 0 saturated carbocycles. The van der Waals surface area contributed by atoms with Crippen molar-refractivity contribution < 1.29 is 15.0 Å². The maximum atomic E-state index is 10.8. The Morgan fingerprint density at radius 1 is 1.29 bits per heavy atom. The first-order valence-corrected chi connectivity index (χ1v) is 7.39. The minimum Gasteiger partial charge on any atom is -0.389 e. The Bertz CT molecular complexity index is 365. The molecule has 0 saturated heterocycles. The molecule has 17 heavy (non-hydrogen) atoms. The minimum atomic E-state index is -0.947. The zero-order valence-corrected chi connectivity index (χ0v) is 11.4. The van der Waals surface area contributed by atoms with Crippen LogP contribution >= 0.6 is 23.5 Å². The first-order valence-electron chi connectivity index (χ1n) is 5.18. The Morgan fingerprint density at radius 2 is 1.88 bits per heavy atom. The lowest BCUT2D eigenvalue weighted by Gasteiger charge is -2.17. The monoisotopic (exact) mass is 272 g/mol. The van der Waals surface area contributed by atoms with E-state index in [2.05, 4.69) is 0 Å². The Kier molecular flexibility index (Phi) is 6.05. The lowest BCUT2D eigenvalue weighted by Crippen LogP contribution is -2.21. The van der Waals surface area contributed by atoms with Crippen molar-refractivity contribution in [3.63, 3.8) is 0 Å². The van der Waals surface area contributed by atoms with Crippen molar-refractivity contribution >= 4 is 28.6 Å². The molecule has 0 fully saturated rings. The second-order valence-corrected chi connectivity index (χ2v) is 5.66. The molecule has 2 N–H and O–H groups in total. The van der Waals surface area contributed by atoms with Gasteiger partial charge in [-0.1, -0.05) is 23.9 Å². The van der Waals surface area contributed by atoms with Crippen LogP contribution < -0.4 is 0 Å². The van der Waals surface area contributed by atoms with Crippen LogP contribution in [0.25, 0.3) is 0 Å². The van der Waals surface area contributed by atoms with Gasteiger partial charge in [-0.3, -0.25) is 4.79 Å². The molecule has 0 aliphatic heterocycles. The van der Waals surface area contributed by atoms with Crippen LogP contribution in [-0.4, -0.2) is 33.4 Å². The smallest absolute Gasteiger partial charge is 0.185 e. The van der Waals surface area contributed by atoms with E-state index in [0.29, 0.717) is 5.56 Å². The van der Waals surface area contributed by atoms with E-state index in [0.717, 1.165) is 16.7 Å². The second kappa shape index (κ2) is 7.06. The summed E-state index contributed by atoms with van der Waals surface area (Å²) in [5.74, 6) is 0.209. The molecule has 0 spiro atoms. The lowest BCUT2D eigenvalue weighted by atomic mass is 10.1. The van der Waals surface area contributed by atoms with Gasteiger partial charge < -0.3 is 10.2 Å². The molecular formula is C12H16O3S2. The average Bonchev–Trinajstić information content (AvgIpc) is 2.35. The van der Waals surface area contributed by atoms with Gasteiger partial charge in [0.25, 0.3) is 0 Å². The molecule has 0 aliphatic carbocycles. The summed E-state index contributed by atoms with van der Waals surface area (Å²) in [6.07, 6.45) is 0.103. The molecule has 3 nitrogen and oxygen atoms in total. The Labute approximate surface area is 110 Å². The fourth-order valence-corrected chi connectivity index (χ4v) is 2.31. The van der Waals surface area contributed by atoms with Crippen molar-refractivity contribution in [2.24, 2.45) is 0 Å². The first-order chi connectivity index (χ1) is 8.04. The molecule has 5 heteroatoms. The summed E-state index contributed by atoms with van der Waals surface area (Å²) in [5.41, 5.74) is 0.666. The molecule has 94 valence electrons. The van der Waals surface area contributed by atoms with Crippen molar-refractivity contribution in [1.82, 2.24) is 0 Å². The Hall–Kier alpha value is -0.490. The molecule has 0 aromatic heterocycles. The minimum absolute atomic E-state index is 0.0611. The van der Waals surface area contributed by atoms with Crippen molar-refractivity contribution in [2.45, 2.75) is 24.0 Å². The standard InChI is InChI=1S/C12H16O3S2/c1-8(13)17-7-11(14)12(15)9-3-5-10(16-2)6-4-9/h3-6,11-12,14-15H,7H2,1-2H3. The van der Waals surface area contributed by atoms with Gasteiger partial charge in [0.1, 0.15) is 6.10 Å². The summed E-state index contributed by atoms with van der Waals surface area (Å²) in [7, 11) is 0. The number of benzene rings is 1. The highest BCUT2D eigenvalue weighted by Crippen LogP contribution is 2.22. The van der Waals surface area contributed by atoms with Crippen molar-refractivity contribution in [3.05, 3.63) is 29.8 Å². The molecule has 1 rings (SSSR count). The van der Waals surface area contributed by atoms with Gasteiger partial charge in [-0.2, -0.15) is 0 Å². The van der Waals surface area contributed by atoms with Gasteiger partial charge in [0, 0.05) is 17.6 Å². The fraction of sp³-hybridized carbons (Fsp3) is 0.417. The maximum Gasteiger partial charge on any atom is 0.185 e. The quantitative estimate of drug-likeness (QED) is 0.804. The van der Waals surface area contributed by atoms with Gasteiger partial charge in [-0.25, -0.2) is 0 Å². The van der Waals surface area contributed by atoms with E-state index in [1.807, 2.05) is 18.4 Å². The molecule has 1 aromatic rings. The van der Waals surface area contributed by atoms with Gasteiger partial charge >= 0.3 is 0 Å². The van der Waals surface area contributed by atoms with Crippen LogP contribution in [0.15, 0.2) is 29.2 Å². The van der Waals surface area contributed by atoms with Crippen molar-refractivity contribution in [1.29, 1.82) is 0 Å². The van der Waals surface area contributed by atoms with Gasteiger partial charge in [-0.05, 0) is 24.0 Å². The lowest BCUT2D eigenvalue weighted by molar-refractivity contribution is -0.109. The van der Waals surface area contributed by atoms with Crippen LogP contribution in [0, 0.1) is 0 Å². The summed E-state index contributed by atoms with van der Waals surface area (Å²) in [6, 6.07) is 7.37. The van der Waals surface area contributed by atoms with Crippen LogP contribution in [-0.2, 0) is 4.79 Å². The molecule has 0 radical (unpaired) electrons. The number of hydrogen-bond donors (Lipinski definition) is 2. The highest BCUT2D eigenvalue weighted by Gasteiger charge is 2.18. The van der Waals surface area contributed by atoms with Crippen LogP contribution in [0.2, 0.25) is 0 Å². The zero-order chi connectivity index (χ0) is 12.8. The zero-order valence-electron chi connectivity index (χ0n) is 9.79. The molecule has 2 unspecified atom stereocenters. The third kappa shape index (κ3) is 4.71. The summed E-state index contributed by atoms with van der Waals surface area (Å²) in [5, 5.41) is 19.5. The summed E-state index contributed by atoms with van der Waals surface area (Å²) in [4.78, 5) is 11.9. The van der Waals surface area contributed by atoms with E-state index in [9.17, 15) is 15.0 Å². The molecule has 1 aromatic carbocycles. The van der Waals surface area contributed by atoms with Crippen molar-refractivity contribution in [3.8, 4) is 0 Å². The van der Waals surface area contributed by atoms with Crippen LogP contribution in [0.3, 0.4) is 0 Å². The summed E-state index contributed by atoms with van der Waals surface area (Å²) in [6.45, 7) is 1.44. The predicted octanol–water partition coefficient (Wildman–Crippen LogP) is 2.08. The van der Waals surface area contributed by atoms with E-state index in [1.165, 1.54) is 6.92 Å². The highest BCUT2D eigenvalue weighted by molar-refractivity contribution is 8.13. The molecule has 0 aliphatic rings. The van der Waals surface area contributed by atoms with E-state index < -0.39 is 12.2 Å². The highest BCUT2D eigenvalue weighted by atomic mass is 32.2. The second-order valence-electron chi connectivity index (χ2n) is 3.59. The number of hydrogen-bond acceptors (Lipinski definition) is 5. The van der Waals surface area contributed by atoms with Crippen LogP contribution in [0.4, 0.5) is 0 Å². The SMILES string of the molecule is CSc1ccc(C(O)C(O)CSC(C)=O)cc1. The molecular weight excluding hydrogens is 256 g/mol. The van der Waals surface area contributed by atoms with E-state index in [4.69, 9.17) is 0 Å². The van der Waals surface area contributed by atoms with E-state index in [-0.39, 0.29) is 10.9 Å².